The summed E-state index contributed by atoms with van der Waals surface area (Å²) in [5, 5.41) is 0. The van der Waals surface area contributed by atoms with Crippen molar-refractivity contribution >= 4 is 17.6 Å². The zero-order chi connectivity index (χ0) is 12.4. The summed E-state index contributed by atoms with van der Waals surface area (Å²) in [6.07, 6.45) is 9.25. The van der Waals surface area contributed by atoms with Crippen LogP contribution in [0.25, 0.3) is 0 Å². The van der Waals surface area contributed by atoms with E-state index in [4.69, 9.17) is 0 Å². The van der Waals surface area contributed by atoms with Crippen molar-refractivity contribution in [2.24, 2.45) is 5.92 Å². The zero-order valence-corrected chi connectivity index (χ0v) is 11.8. The average molecular weight is 263 g/mol. The second kappa shape index (κ2) is 5.47. The minimum absolute atomic E-state index is 0.721. The van der Waals surface area contributed by atoms with Crippen LogP contribution in [0.15, 0.2) is 12.4 Å². The quantitative estimate of drug-likeness (QED) is 0.835. The number of anilines is 1. The lowest BCUT2D eigenvalue weighted by Gasteiger charge is -2.33. The molecule has 98 valence electrons. The Morgan fingerprint density at radius 2 is 2.22 bits per heavy atom. The van der Waals surface area contributed by atoms with Gasteiger partial charge in [0.05, 0.1) is 0 Å². The van der Waals surface area contributed by atoms with E-state index in [1.165, 1.54) is 43.7 Å². The molecule has 1 aromatic heterocycles. The molecule has 1 saturated carbocycles. The molecule has 0 N–H and O–H groups in total. The summed E-state index contributed by atoms with van der Waals surface area (Å²) in [5.74, 6) is 3.97. The molecule has 18 heavy (non-hydrogen) atoms. The van der Waals surface area contributed by atoms with Crippen LogP contribution in [0.4, 0.5) is 5.82 Å². The van der Waals surface area contributed by atoms with Gasteiger partial charge >= 0.3 is 0 Å². The Labute approximate surface area is 113 Å². The highest BCUT2D eigenvalue weighted by Gasteiger charge is 2.26. The highest BCUT2D eigenvalue weighted by molar-refractivity contribution is 7.98. The number of rotatable bonds is 4. The standard InChI is InChI=1S/C14H21N3S/c1-18-9-11-3-2-6-17(8-11)14-7-13(12-4-5-12)15-10-16-14/h7,10-12H,2-6,8-9H2,1H3/t11-/m1/s1. The van der Waals surface area contributed by atoms with E-state index in [0.29, 0.717) is 0 Å². The number of nitrogens with zero attached hydrogens (tertiary/aromatic N) is 3. The molecule has 1 atom stereocenters. The minimum Gasteiger partial charge on any atom is -0.356 e. The second-order valence-electron chi connectivity index (χ2n) is 5.48. The molecule has 2 heterocycles. The third-order valence-corrected chi connectivity index (χ3v) is 4.72. The van der Waals surface area contributed by atoms with Crippen LogP contribution in [0.5, 0.6) is 0 Å². The lowest BCUT2D eigenvalue weighted by molar-refractivity contribution is 0.450. The van der Waals surface area contributed by atoms with Gasteiger partial charge in [-0.1, -0.05) is 0 Å². The Morgan fingerprint density at radius 3 is 3.00 bits per heavy atom. The van der Waals surface area contributed by atoms with E-state index >= 15 is 0 Å². The van der Waals surface area contributed by atoms with Crippen LogP contribution in [0.3, 0.4) is 0 Å². The van der Waals surface area contributed by atoms with Crippen molar-refractivity contribution in [1.29, 1.82) is 0 Å². The Bertz CT molecular complexity index is 404. The summed E-state index contributed by atoms with van der Waals surface area (Å²) in [7, 11) is 0. The van der Waals surface area contributed by atoms with E-state index in [1.807, 2.05) is 11.8 Å². The molecular weight excluding hydrogens is 242 g/mol. The molecule has 1 aromatic rings. The number of thioether (sulfide) groups is 1. The van der Waals surface area contributed by atoms with Gasteiger partial charge in [0, 0.05) is 30.8 Å². The second-order valence-corrected chi connectivity index (χ2v) is 6.40. The fourth-order valence-electron chi connectivity index (χ4n) is 2.78. The minimum atomic E-state index is 0.721. The largest absolute Gasteiger partial charge is 0.356 e. The van der Waals surface area contributed by atoms with E-state index in [2.05, 4.69) is 27.2 Å². The molecule has 1 aliphatic heterocycles. The third-order valence-electron chi connectivity index (χ3n) is 3.91. The normalized spacial score (nSPS) is 24.3. The van der Waals surface area contributed by atoms with E-state index in [0.717, 1.165) is 24.2 Å². The van der Waals surface area contributed by atoms with Gasteiger partial charge in [0.2, 0.25) is 0 Å². The maximum absolute atomic E-state index is 4.48. The average Bonchev–Trinajstić information content (AvgIpc) is 3.24. The van der Waals surface area contributed by atoms with Crippen LogP contribution in [0.1, 0.15) is 37.3 Å². The molecule has 1 aliphatic carbocycles. The molecular formula is C14H21N3S. The first-order valence-electron chi connectivity index (χ1n) is 6.92. The highest BCUT2D eigenvalue weighted by atomic mass is 32.2. The Kier molecular flexibility index (Phi) is 3.73. The molecule has 2 fully saturated rings. The SMILES string of the molecule is CSC[C@@H]1CCCN(c2cc(C3CC3)ncn2)C1. The van der Waals surface area contributed by atoms with Crippen LogP contribution < -0.4 is 4.90 Å². The first-order chi connectivity index (χ1) is 8.86. The van der Waals surface area contributed by atoms with Gasteiger partial charge in [-0.25, -0.2) is 9.97 Å². The molecule has 0 spiro atoms. The Morgan fingerprint density at radius 1 is 1.33 bits per heavy atom. The molecule has 0 unspecified atom stereocenters. The smallest absolute Gasteiger partial charge is 0.132 e. The van der Waals surface area contributed by atoms with Crippen LogP contribution >= 0.6 is 11.8 Å². The summed E-state index contributed by atoms with van der Waals surface area (Å²) >= 11 is 1.96. The van der Waals surface area contributed by atoms with Gasteiger partial charge < -0.3 is 4.90 Å². The lowest BCUT2D eigenvalue weighted by atomic mass is 10.00. The van der Waals surface area contributed by atoms with Crippen molar-refractivity contribution in [3.05, 3.63) is 18.1 Å². The summed E-state index contributed by atoms with van der Waals surface area (Å²) in [5.41, 5.74) is 1.26. The van der Waals surface area contributed by atoms with Gasteiger partial charge in [0.15, 0.2) is 0 Å². The lowest BCUT2D eigenvalue weighted by Crippen LogP contribution is -2.36. The first-order valence-corrected chi connectivity index (χ1v) is 8.32. The van der Waals surface area contributed by atoms with Crippen LogP contribution in [-0.2, 0) is 0 Å². The van der Waals surface area contributed by atoms with Crippen LogP contribution in [0.2, 0.25) is 0 Å². The van der Waals surface area contributed by atoms with Crippen molar-refractivity contribution in [3.63, 3.8) is 0 Å². The van der Waals surface area contributed by atoms with Gasteiger partial charge in [0.1, 0.15) is 12.1 Å². The van der Waals surface area contributed by atoms with Crippen LogP contribution in [-0.4, -0.2) is 35.1 Å². The van der Waals surface area contributed by atoms with Crippen molar-refractivity contribution < 1.29 is 0 Å². The molecule has 3 nitrogen and oxygen atoms in total. The van der Waals surface area contributed by atoms with E-state index in [1.54, 1.807) is 6.33 Å². The van der Waals surface area contributed by atoms with Crippen molar-refractivity contribution in [1.82, 2.24) is 9.97 Å². The highest BCUT2D eigenvalue weighted by Crippen LogP contribution is 2.39. The van der Waals surface area contributed by atoms with Gasteiger partial charge in [-0.2, -0.15) is 11.8 Å². The molecule has 2 aliphatic rings. The number of aromatic nitrogens is 2. The maximum Gasteiger partial charge on any atom is 0.132 e. The Balaban J connectivity index is 1.70. The first kappa shape index (κ1) is 12.3. The van der Waals surface area contributed by atoms with Crippen LogP contribution in [0, 0.1) is 5.92 Å². The predicted molar refractivity (Wildman–Crippen MR) is 77.3 cm³/mol. The molecule has 1 saturated heterocycles. The topological polar surface area (TPSA) is 29.0 Å². The fraction of sp³-hybridized carbons (Fsp3) is 0.714. The summed E-state index contributed by atoms with van der Waals surface area (Å²) in [4.78, 5) is 11.3. The zero-order valence-electron chi connectivity index (χ0n) is 11.0. The molecule has 0 aromatic carbocycles. The fourth-order valence-corrected chi connectivity index (χ4v) is 3.53. The van der Waals surface area contributed by atoms with E-state index in [9.17, 15) is 0 Å². The van der Waals surface area contributed by atoms with Gasteiger partial charge in [-0.3, -0.25) is 0 Å². The van der Waals surface area contributed by atoms with Gasteiger partial charge in [-0.05, 0) is 43.6 Å². The molecule has 0 radical (unpaired) electrons. The van der Waals surface area contributed by atoms with E-state index in [-0.39, 0.29) is 0 Å². The van der Waals surface area contributed by atoms with Crippen molar-refractivity contribution in [3.8, 4) is 0 Å². The summed E-state index contributed by atoms with van der Waals surface area (Å²) < 4.78 is 0. The third kappa shape index (κ3) is 2.79. The number of piperidine rings is 1. The molecule has 0 amide bonds. The molecule has 4 heteroatoms. The molecule has 3 rings (SSSR count). The Hall–Kier alpha value is -0.770. The van der Waals surface area contributed by atoms with Gasteiger partial charge in [-0.15, -0.1) is 0 Å². The predicted octanol–water partition coefficient (Wildman–Crippen LogP) is 2.93. The van der Waals surface area contributed by atoms with Gasteiger partial charge in [0.25, 0.3) is 0 Å². The monoisotopic (exact) mass is 263 g/mol. The van der Waals surface area contributed by atoms with Crippen molar-refractivity contribution in [2.45, 2.75) is 31.6 Å². The van der Waals surface area contributed by atoms with E-state index < -0.39 is 0 Å². The number of hydrogen-bond donors (Lipinski definition) is 0. The molecule has 0 bridgehead atoms. The number of hydrogen-bond acceptors (Lipinski definition) is 4. The maximum atomic E-state index is 4.48. The van der Waals surface area contributed by atoms with Crippen molar-refractivity contribution in [2.75, 3.05) is 30.0 Å². The summed E-state index contributed by atoms with van der Waals surface area (Å²) in [6.45, 7) is 2.33. The summed E-state index contributed by atoms with van der Waals surface area (Å²) in [6, 6.07) is 2.22.